The molecule has 0 bridgehead atoms. The van der Waals surface area contributed by atoms with Crippen molar-refractivity contribution in [2.24, 2.45) is 0 Å². The van der Waals surface area contributed by atoms with Gasteiger partial charge in [0.1, 0.15) is 0 Å². The first-order valence-electron chi connectivity index (χ1n) is 8.24. The molecule has 0 aromatic heterocycles. The molecule has 0 atom stereocenters. The fraction of sp³-hybridized carbons (Fsp3) is 1.00. The molecule has 20 heavy (non-hydrogen) atoms. The van der Waals surface area contributed by atoms with Crippen molar-refractivity contribution in [2.75, 3.05) is 25.9 Å². The van der Waals surface area contributed by atoms with E-state index in [9.17, 15) is 8.42 Å². The minimum atomic E-state index is -3.07. The van der Waals surface area contributed by atoms with E-state index < -0.39 is 10.0 Å². The number of nitrogens with one attached hydrogen (secondary N) is 2. The van der Waals surface area contributed by atoms with Gasteiger partial charge in [-0.1, -0.05) is 64.7 Å². The summed E-state index contributed by atoms with van der Waals surface area (Å²) in [5, 5.41) is 2.85. The van der Waals surface area contributed by atoms with Crippen LogP contribution in [0, 0.1) is 0 Å². The van der Waals surface area contributed by atoms with Gasteiger partial charge in [0.15, 0.2) is 0 Å². The van der Waals surface area contributed by atoms with Crippen LogP contribution in [0.2, 0.25) is 0 Å². The molecule has 0 aliphatic rings. The van der Waals surface area contributed by atoms with Crippen molar-refractivity contribution < 1.29 is 8.42 Å². The highest BCUT2D eigenvalue weighted by Gasteiger charge is 2.07. The lowest BCUT2D eigenvalue weighted by Gasteiger charge is -2.06. The summed E-state index contributed by atoms with van der Waals surface area (Å²) in [7, 11) is -1.30. The van der Waals surface area contributed by atoms with Crippen molar-refractivity contribution in [1.82, 2.24) is 10.0 Å². The van der Waals surface area contributed by atoms with Crippen LogP contribution in [0.25, 0.3) is 0 Å². The van der Waals surface area contributed by atoms with E-state index in [2.05, 4.69) is 17.0 Å². The summed E-state index contributed by atoms with van der Waals surface area (Å²) in [5.41, 5.74) is 0. The Hall–Kier alpha value is -0.130. The molecular formula is C15H34N2O2S. The molecule has 0 heterocycles. The monoisotopic (exact) mass is 306 g/mol. The molecule has 0 amide bonds. The largest absolute Gasteiger partial charge is 0.319 e. The van der Waals surface area contributed by atoms with E-state index in [4.69, 9.17) is 0 Å². The summed E-state index contributed by atoms with van der Waals surface area (Å²) in [6, 6.07) is 0. The second-order valence-corrected chi connectivity index (χ2v) is 7.43. The van der Waals surface area contributed by atoms with Gasteiger partial charge in [-0.05, 0) is 13.5 Å². The summed E-state index contributed by atoms with van der Waals surface area (Å²) in [6.45, 7) is 3.34. The van der Waals surface area contributed by atoms with E-state index in [1.54, 1.807) is 7.05 Å². The average molecular weight is 307 g/mol. The van der Waals surface area contributed by atoms with Gasteiger partial charge in [0.05, 0.1) is 5.75 Å². The van der Waals surface area contributed by atoms with Crippen LogP contribution in [-0.2, 0) is 10.0 Å². The van der Waals surface area contributed by atoms with Gasteiger partial charge in [0.25, 0.3) is 0 Å². The lowest BCUT2D eigenvalue weighted by atomic mass is 10.1. The Morgan fingerprint density at radius 2 is 1.25 bits per heavy atom. The maximum absolute atomic E-state index is 11.5. The third kappa shape index (κ3) is 14.3. The van der Waals surface area contributed by atoms with E-state index in [1.807, 2.05) is 0 Å². The van der Waals surface area contributed by atoms with Crippen molar-refractivity contribution >= 4 is 10.0 Å². The normalized spacial score (nSPS) is 11.9. The lowest BCUT2D eigenvalue weighted by molar-refractivity contribution is 0.548. The van der Waals surface area contributed by atoms with Crippen molar-refractivity contribution in [3.05, 3.63) is 0 Å². The molecule has 0 aliphatic heterocycles. The van der Waals surface area contributed by atoms with E-state index in [0.717, 1.165) is 12.8 Å². The van der Waals surface area contributed by atoms with Gasteiger partial charge in [0, 0.05) is 13.1 Å². The summed E-state index contributed by atoms with van der Waals surface area (Å²) < 4.78 is 25.6. The summed E-state index contributed by atoms with van der Waals surface area (Å²) in [4.78, 5) is 0. The van der Waals surface area contributed by atoms with Crippen LogP contribution in [0.4, 0.5) is 0 Å². The number of sulfonamides is 1. The molecule has 0 fully saturated rings. The van der Waals surface area contributed by atoms with Crippen molar-refractivity contribution in [3.63, 3.8) is 0 Å². The zero-order valence-corrected chi connectivity index (χ0v) is 14.2. The molecule has 0 spiro atoms. The lowest BCUT2D eigenvalue weighted by Crippen LogP contribution is -2.31. The van der Waals surface area contributed by atoms with Crippen molar-refractivity contribution in [1.29, 1.82) is 0 Å². The van der Waals surface area contributed by atoms with E-state index in [1.165, 1.54) is 51.4 Å². The molecule has 0 aromatic rings. The second kappa shape index (κ2) is 13.8. The third-order valence-corrected chi connectivity index (χ3v) is 4.86. The quantitative estimate of drug-likeness (QED) is 0.457. The Kier molecular flexibility index (Phi) is 13.7. The summed E-state index contributed by atoms with van der Waals surface area (Å²) >= 11 is 0. The number of hydrogen-bond donors (Lipinski definition) is 2. The SMILES string of the molecule is CCCCCCCCCCCCNS(=O)(=O)CCNC. The fourth-order valence-electron chi connectivity index (χ4n) is 2.15. The van der Waals surface area contributed by atoms with Gasteiger partial charge in [0.2, 0.25) is 10.0 Å². The molecule has 0 aliphatic carbocycles. The molecule has 0 unspecified atom stereocenters. The first-order valence-corrected chi connectivity index (χ1v) is 9.89. The predicted octanol–water partition coefficient (Wildman–Crippen LogP) is 3.05. The van der Waals surface area contributed by atoms with Gasteiger partial charge in [-0.25, -0.2) is 13.1 Å². The summed E-state index contributed by atoms with van der Waals surface area (Å²) in [5.74, 6) is 0.168. The molecular weight excluding hydrogens is 272 g/mol. The molecule has 0 radical (unpaired) electrons. The van der Waals surface area contributed by atoms with E-state index >= 15 is 0 Å². The van der Waals surface area contributed by atoms with E-state index in [0.29, 0.717) is 13.1 Å². The van der Waals surface area contributed by atoms with Crippen LogP contribution in [0.15, 0.2) is 0 Å². The van der Waals surface area contributed by atoms with Crippen LogP contribution in [-0.4, -0.2) is 34.3 Å². The zero-order valence-electron chi connectivity index (χ0n) is 13.4. The maximum Gasteiger partial charge on any atom is 0.212 e. The van der Waals surface area contributed by atoms with Gasteiger partial charge in [-0.15, -0.1) is 0 Å². The average Bonchev–Trinajstić information content (AvgIpc) is 2.42. The number of hydrogen-bond acceptors (Lipinski definition) is 3. The third-order valence-electron chi connectivity index (χ3n) is 3.47. The van der Waals surface area contributed by atoms with Gasteiger partial charge < -0.3 is 5.32 Å². The van der Waals surface area contributed by atoms with Gasteiger partial charge in [-0.2, -0.15) is 0 Å². The molecule has 122 valence electrons. The topological polar surface area (TPSA) is 58.2 Å². The first kappa shape index (κ1) is 19.9. The Bertz CT molecular complexity index is 292. The van der Waals surface area contributed by atoms with E-state index in [-0.39, 0.29) is 5.75 Å². The van der Waals surface area contributed by atoms with Gasteiger partial charge in [-0.3, -0.25) is 0 Å². The number of unbranched alkanes of at least 4 members (excludes halogenated alkanes) is 9. The summed E-state index contributed by atoms with van der Waals surface area (Å²) in [6.07, 6.45) is 12.7. The first-order chi connectivity index (χ1) is 9.62. The number of rotatable bonds is 15. The molecule has 5 heteroatoms. The Labute approximate surface area is 126 Å². The Balaban J connectivity index is 3.24. The van der Waals surface area contributed by atoms with Crippen molar-refractivity contribution in [2.45, 2.75) is 71.1 Å². The highest BCUT2D eigenvalue weighted by Crippen LogP contribution is 2.10. The highest BCUT2D eigenvalue weighted by atomic mass is 32.2. The van der Waals surface area contributed by atoms with Crippen molar-refractivity contribution in [3.8, 4) is 0 Å². The van der Waals surface area contributed by atoms with Gasteiger partial charge >= 0.3 is 0 Å². The smallest absolute Gasteiger partial charge is 0.212 e. The van der Waals surface area contributed by atoms with Crippen LogP contribution in [0.5, 0.6) is 0 Å². The molecule has 4 nitrogen and oxygen atoms in total. The Morgan fingerprint density at radius 1 is 0.750 bits per heavy atom. The van der Waals surface area contributed by atoms with Crippen LogP contribution < -0.4 is 10.0 Å². The van der Waals surface area contributed by atoms with Crippen LogP contribution in [0.3, 0.4) is 0 Å². The molecule has 2 N–H and O–H groups in total. The molecule has 0 aromatic carbocycles. The molecule has 0 saturated heterocycles. The standard InChI is InChI=1S/C15H34N2O2S/c1-3-4-5-6-7-8-9-10-11-12-13-17-20(18,19)15-14-16-2/h16-17H,3-15H2,1-2H3. The maximum atomic E-state index is 11.5. The minimum Gasteiger partial charge on any atom is -0.319 e. The second-order valence-electron chi connectivity index (χ2n) is 5.50. The minimum absolute atomic E-state index is 0.168. The van der Waals surface area contributed by atoms with Crippen LogP contribution >= 0.6 is 0 Å². The predicted molar refractivity (Wildman–Crippen MR) is 87.6 cm³/mol. The highest BCUT2D eigenvalue weighted by molar-refractivity contribution is 7.89. The molecule has 0 saturated carbocycles. The Morgan fingerprint density at radius 3 is 1.75 bits per heavy atom. The zero-order chi connectivity index (χ0) is 15.1. The van der Waals surface area contributed by atoms with Crippen LogP contribution in [0.1, 0.15) is 71.1 Å². The molecule has 0 rings (SSSR count). The fourth-order valence-corrected chi connectivity index (χ4v) is 3.22.